The first-order valence-corrected chi connectivity index (χ1v) is 7.39. The van der Waals surface area contributed by atoms with Crippen molar-refractivity contribution < 1.29 is 9.66 Å². The number of benzene rings is 1. The largest absolute Gasteiger partial charge is 0.487 e. The topological polar surface area (TPSA) is 104 Å². The molecule has 112 valence electrons. The molecule has 2 rings (SSSR count). The molecule has 0 aliphatic heterocycles. The van der Waals surface area contributed by atoms with Gasteiger partial charge in [-0.3, -0.25) is 10.1 Å². The van der Waals surface area contributed by atoms with E-state index in [1.165, 1.54) is 17.4 Å². The number of ether oxygens (including phenoxy) is 1. The van der Waals surface area contributed by atoms with Crippen LogP contribution in [-0.4, -0.2) is 21.7 Å². The molecule has 1 unspecified atom stereocenters. The van der Waals surface area contributed by atoms with E-state index in [-0.39, 0.29) is 17.5 Å². The number of aromatic nitrogens is 2. The number of nitro benzene ring substituents is 1. The van der Waals surface area contributed by atoms with E-state index in [1.807, 2.05) is 6.92 Å². The molecule has 1 heterocycles. The highest BCUT2D eigenvalue weighted by molar-refractivity contribution is 7.14. The highest BCUT2D eigenvalue weighted by atomic mass is 32.1. The van der Waals surface area contributed by atoms with Crippen LogP contribution in [0.3, 0.4) is 0 Å². The molecule has 0 aliphatic rings. The van der Waals surface area contributed by atoms with Crippen LogP contribution in [0.4, 0.5) is 5.69 Å². The van der Waals surface area contributed by atoms with Gasteiger partial charge in [-0.25, -0.2) is 0 Å². The lowest BCUT2D eigenvalue weighted by atomic mass is 10.2. The van der Waals surface area contributed by atoms with E-state index in [0.29, 0.717) is 22.2 Å². The summed E-state index contributed by atoms with van der Waals surface area (Å²) in [6.07, 6.45) is 0.752. The maximum Gasteiger partial charge on any atom is 0.311 e. The van der Waals surface area contributed by atoms with Gasteiger partial charge in [-0.2, -0.15) is 0 Å². The molecule has 1 aromatic heterocycles. The van der Waals surface area contributed by atoms with Crippen LogP contribution < -0.4 is 10.5 Å². The molecule has 21 heavy (non-hydrogen) atoms. The van der Waals surface area contributed by atoms with Crippen LogP contribution in [0, 0.1) is 10.1 Å². The van der Waals surface area contributed by atoms with Crippen LogP contribution in [0.2, 0.25) is 0 Å². The number of nitrogens with zero attached hydrogens (tertiary/aromatic N) is 3. The molecule has 0 amide bonds. The second kappa shape index (κ2) is 6.59. The molecular formula is C13H16N4O3S. The molecule has 8 heteroatoms. The molecule has 0 spiro atoms. The van der Waals surface area contributed by atoms with Crippen molar-refractivity contribution in [2.45, 2.75) is 26.3 Å². The molecular weight excluding hydrogens is 292 g/mol. The number of nitrogens with two attached hydrogens (primary N) is 1. The van der Waals surface area contributed by atoms with Gasteiger partial charge in [-0.15, -0.1) is 10.2 Å². The number of rotatable bonds is 6. The van der Waals surface area contributed by atoms with Crippen molar-refractivity contribution in [3.05, 3.63) is 33.3 Å². The Labute approximate surface area is 125 Å². The summed E-state index contributed by atoms with van der Waals surface area (Å²) in [5.41, 5.74) is 6.42. The van der Waals surface area contributed by atoms with E-state index in [1.54, 1.807) is 19.1 Å². The first-order chi connectivity index (χ1) is 10.1. The maximum absolute atomic E-state index is 11.1. The van der Waals surface area contributed by atoms with Gasteiger partial charge in [-0.1, -0.05) is 24.3 Å². The fourth-order valence-electron chi connectivity index (χ4n) is 1.80. The minimum Gasteiger partial charge on any atom is -0.487 e. The van der Waals surface area contributed by atoms with Crippen molar-refractivity contribution in [2.24, 2.45) is 5.73 Å². The Morgan fingerprint density at radius 3 is 2.81 bits per heavy atom. The van der Waals surface area contributed by atoms with Crippen molar-refractivity contribution in [1.29, 1.82) is 0 Å². The molecule has 1 aromatic carbocycles. The molecule has 2 N–H and O–H groups in total. The van der Waals surface area contributed by atoms with Crippen molar-refractivity contribution in [3.8, 4) is 16.3 Å². The Bertz CT molecular complexity index is 644. The van der Waals surface area contributed by atoms with Crippen LogP contribution in [0.5, 0.6) is 5.75 Å². The number of nitro groups is 1. The molecule has 7 nitrogen and oxygen atoms in total. The molecule has 0 saturated carbocycles. The van der Waals surface area contributed by atoms with Crippen LogP contribution in [0.25, 0.3) is 10.6 Å². The zero-order valence-corrected chi connectivity index (χ0v) is 12.6. The normalized spacial score (nSPS) is 12.1. The van der Waals surface area contributed by atoms with E-state index >= 15 is 0 Å². The van der Waals surface area contributed by atoms with Gasteiger partial charge in [0.2, 0.25) is 5.75 Å². The zero-order chi connectivity index (χ0) is 15.4. The fraction of sp³-hybridized carbons (Fsp3) is 0.385. The predicted molar refractivity (Wildman–Crippen MR) is 80.4 cm³/mol. The van der Waals surface area contributed by atoms with Gasteiger partial charge in [0.25, 0.3) is 0 Å². The first-order valence-electron chi connectivity index (χ1n) is 6.58. The van der Waals surface area contributed by atoms with Crippen molar-refractivity contribution >= 4 is 17.0 Å². The van der Waals surface area contributed by atoms with Gasteiger partial charge in [0.1, 0.15) is 5.01 Å². The zero-order valence-electron chi connectivity index (χ0n) is 11.8. The number of hydrogen-bond donors (Lipinski definition) is 1. The second-order valence-electron chi connectivity index (χ2n) is 4.30. The van der Waals surface area contributed by atoms with Gasteiger partial charge in [-0.05, 0) is 19.4 Å². The highest BCUT2D eigenvalue weighted by Crippen LogP contribution is 2.39. The summed E-state index contributed by atoms with van der Waals surface area (Å²) in [5, 5.41) is 20.5. The average molecular weight is 308 g/mol. The van der Waals surface area contributed by atoms with Gasteiger partial charge in [0, 0.05) is 6.07 Å². The fourth-order valence-corrected chi connectivity index (χ4v) is 2.75. The highest BCUT2D eigenvalue weighted by Gasteiger charge is 2.22. The Kier molecular flexibility index (Phi) is 4.81. The van der Waals surface area contributed by atoms with Crippen molar-refractivity contribution in [1.82, 2.24) is 10.2 Å². The van der Waals surface area contributed by atoms with E-state index < -0.39 is 4.92 Å². The number of para-hydroxylation sites is 1. The van der Waals surface area contributed by atoms with Gasteiger partial charge in [0.05, 0.1) is 23.1 Å². The molecule has 1 atom stereocenters. The third kappa shape index (κ3) is 3.17. The lowest BCUT2D eigenvalue weighted by Crippen LogP contribution is -2.07. The third-order valence-electron chi connectivity index (χ3n) is 2.91. The van der Waals surface area contributed by atoms with E-state index in [4.69, 9.17) is 10.5 Å². The summed E-state index contributed by atoms with van der Waals surface area (Å²) in [7, 11) is 0. The standard InChI is InChI=1S/C13H16N4O3S/c1-3-9(14)13-16-15-12(21-13)8-6-5-7-10(17(18)19)11(8)20-4-2/h5-7,9H,3-4,14H2,1-2H3. The monoisotopic (exact) mass is 308 g/mol. The molecule has 0 radical (unpaired) electrons. The van der Waals surface area contributed by atoms with Gasteiger partial charge < -0.3 is 10.5 Å². The quantitative estimate of drug-likeness (QED) is 0.650. The summed E-state index contributed by atoms with van der Waals surface area (Å²) in [6, 6.07) is 4.58. The smallest absolute Gasteiger partial charge is 0.311 e. The van der Waals surface area contributed by atoms with E-state index in [2.05, 4.69) is 10.2 Å². The van der Waals surface area contributed by atoms with E-state index in [9.17, 15) is 10.1 Å². The van der Waals surface area contributed by atoms with Crippen LogP contribution in [-0.2, 0) is 0 Å². The summed E-state index contributed by atoms with van der Waals surface area (Å²) >= 11 is 1.33. The molecule has 0 fully saturated rings. The van der Waals surface area contributed by atoms with Crippen molar-refractivity contribution in [2.75, 3.05) is 6.61 Å². The summed E-state index contributed by atoms with van der Waals surface area (Å²) < 4.78 is 5.45. The molecule has 0 aliphatic carbocycles. The van der Waals surface area contributed by atoms with E-state index in [0.717, 1.165) is 6.42 Å². The lowest BCUT2D eigenvalue weighted by molar-refractivity contribution is -0.385. The minimum atomic E-state index is -0.464. The van der Waals surface area contributed by atoms with Crippen LogP contribution in [0.1, 0.15) is 31.3 Å². The van der Waals surface area contributed by atoms with Crippen molar-refractivity contribution in [3.63, 3.8) is 0 Å². The Morgan fingerprint density at radius 2 is 2.19 bits per heavy atom. The third-order valence-corrected chi connectivity index (χ3v) is 4.00. The number of hydrogen-bond acceptors (Lipinski definition) is 7. The van der Waals surface area contributed by atoms with Gasteiger partial charge in [0.15, 0.2) is 5.01 Å². The average Bonchev–Trinajstić information content (AvgIpc) is 2.96. The second-order valence-corrected chi connectivity index (χ2v) is 5.31. The lowest BCUT2D eigenvalue weighted by Gasteiger charge is -2.08. The van der Waals surface area contributed by atoms with Gasteiger partial charge >= 0.3 is 5.69 Å². The maximum atomic E-state index is 11.1. The SMILES string of the molecule is CCOc1c(-c2nnc(C(N)CC)s2)cccc1[N+](=O)[O-]. The Hall–Kier alpha value is -2.06. The minimum absolute atomic E-state index is 0.0779. The predicted octanol–water partition coefficient (Wildman–Crippen LogP) is 2.92. The summed E-state index contributed by atoms with van der Waals surface area (Å²) in [4.78, 5) is 10.6. The first kappa shape index (κ1) is 15.3. The molecule has 0 bridgehead atoms. The summed E-state index contributed by atoms with van der Waals surface area (Å²) in [6.45, 7) is 4.07. The Morgan fingerprint density at radius 1 is 1.43 bits per heavy atom. The molecule has 0 saturated heterocycles. The Balaban J connectivity index is 2.50. The molecule has 2 aromatic rings. The summed E-state index contributed by atoms with van der Waals surface area (Å²) in [5.74, 6) is 0.220. The van der Waals surface area contributed by atoms with Crippen LogP contribution >= 0.6 is 11.3 Å². The van der Waals surface area contributed by atoms with Crippen LogP contribution in [0.15, 0.2) is 18.2 Å².